The van der Waals surface area contributed by atoms with Gasteiger partial charge in [-0.2, -0.15) is 10.4 Å². The van der Waals surface area contributed by atoms with Crippen LogP contribution in [0.15, 0.2) is 54.7 Å². The fourth-order valence-electron chi connectivity index (χ4n) is 2.17. The zero-order valence-electron chi connectivity index (χ0n) is 11.2. The van der Waals surface area contributed by atoms with Crippen molar-refractivity contribution in [1.29, 1.82) is 5.26 Å². The Kier molecular flexibility index (Phi) is 3.36. The van der Waals surface area contributed by atoms with Gasteiger partial charge in [-0.25, -0.2) is 0 Å². The van der Waals surface area contributed by atoms with Crippen LogP contribution in [-0.2, 0) is 11.3 Å². The SMILES string of the molecule is N#Cc1ccccc1NC(=O)Cn1ncc2ccccc21. The molecule has 0 bridgehead atoms. The first-order chi connectivity index (χ1) is 10.3. The lowest BCUT2D eigenvalue weighted by molar-refractivity contribution is -0.116. The third-order valence-corrected chi connectivity index (χ3v) is 3.17. The first-order valence-electron chi connectivity index (χ1n) is 6.47. The Morgan fingerprint density at radius 2 is 1.95 bits per heavy atom. The van der Waals surface area contributed by atoms with Gasteiger partial charge in [-0.1, -0.05) is 30.3 Å². The van der Waals surface area contributed by atoms with Gasteiger partial charge in [0.2, 0.25) is 5.91 Å². The first kappa shape index (κ1) is 12.9. The third-order valence-electron chi connectivity index (χ3n) is 3.17. The lowest BCUT2D eigenvalue weighted by Crippen LogP contribution is -2.19. The smallest absolute Gasteiger partial charge is 0.246 e. The van der Waals surface area contributed by atoms with E-state index in [1.54, 1.807) is 35.1 Å². The maximum Gasteiger partial charge on any atom is 0.246 e. The van der Waals surface area contributed by atoms with Crippen molar-refractivity contribution >= 4 is 22.5 Å². The van der Waals surface area contributed by atoms with E-state index in [4.69, 9.17) is 5.26 Å². The van der Waals surface area contributed by atoms with Crippen molar-refractivity contribution in [2.45, 2.75) is 6.54 Å². The van der Waals surface area contributed by atoms with E-state index in [1.165, 1.54) is 0 Å². The maximum absolute atomic E-state index is 12.1. The number of anilines is 1. The van der Waals surface area contributed by atoms with E-state index in [1.807, 2.05) is 24.3 Å². The van der Waals surface area contributed by atoms with Gasteiger partial charge in [0.25, 0.3) is 0 Å². The molecule has 5 nitrogen and oxygen atoms in total. The molecule has 0 saturated heterocycles. The Morgan fingerprint density at radius 3 is 2.81 bits per heavy atom. The van der Waals surface area contributed by atoms with Gasteiger partial charge in [-0.05, 0) is 18.2 Å². The van der Waals surface area contributed by atoms with Crippen LogP contribution in [0.1, 0.15) is 5.56 Å². The lowest BCUT2D eigenvalue weighted by Gasteiger charge is -2.07. The number of benzene rings is 2. The molecular formula is C16H12N4O. The topological polar surface area (TPSA) is 70.7 Å². The molecule has 102 valence electrons. The quantitative estimate of drug-likeness (QED) is 0.799. The summed E-state index contributed by atoms with van der Waals surface area (Å²) in [6.45, 7) is 0.104. The van der Waals surface area contributed by atoms with Crippen LogP contribution in [-0.4, -0.2) is 15.7 Å². The summed E-state index contributed by atoms with van der Waals surface area (Å²) < 4.78 is 1.64. The molecular weight excluding hydrogens is 264 g/mol. The molecule has 0 spiro atoms. The van der Waals surface area contributed by atoms with Crippen LogP contribution in [0.3, 0.4) is 0 Å². The number of hydrogen-bond acceptors (Lipinski definition) is 3. The molecule has 3 aromatic rings. The molecule has 0 fully saturated rings. The molecule has 0 aliphatic rings. The molecule has 1 amide bonds. The van der Waals surface area contributed by atoms with E-state index in [0.717, 1.165) is 10.9 Å². The number of rotatable bonds is 3. The minimum absolute atomic E-state index is 0.104. The number of nitriles is 1. The Labute approximate surface area is 121 Å². The van der Waals surface area contributed by atoms with Crippen LogP contribution >= 0.6 is 0 Å². The largest absolute Gasteiger partial charge is 0.323 e. The average molecular weight is 276 g/mol. The zero-order valence-corrected chi connectivity index (χ0v) is 11.2. The fraction of sp³-hybridized carbons (Fsp3) is 0.0625. The van der Waals surface area contributed by atoms with Crippen molar-refractivity contribution in [2.75, 3.05) is 5.32 Å². The van der Waals surface area contributed by atoms with Gasteiger partial charge in [-0.3, -0.25) is 9.48 Å². The second-order valence-electron chi connectivity index (χ2n) is 4.57. The van der Waals surface area contributed by atoms with Crippen molar-refractivity contribution in [3.8, 4) is 6.07 Å². The van der Waals surface area contributed by atoms with Gasteiger partial charge in [0, 0.05) is 5.39 Å². The maximum atomic E-state index is 12.1. The van der Waals surface area contributed by atoms with Gasteiger partial charge < -0.3 is 5.32 Å². The van der Waals surface area contributed by atoms with E-state index in [9.17, 15) is 4.79 Å². The molecule has 21 heavy (non-hydrogen) atoms. The molecule has 0 saturated carbocycles. The first-order valence-corrected chi connectivity index (χ1v) is 6.47. The summed E-state index contributed by atoms with van der Waals surface area (Å²) in [4.78, 5) is 12.1. The van der Waals surface area contributed by atoms with Crippen molar-refractivity contribution in [3.63, 3.8) is 0 Å². The van der Waals surface area contributed by atoms with Crippen LogP contribution in [0, 0.1) is 11.3 Å². The highest BCUT2D eigenvalue weighted by atomic mass is 16.2. The molecule has 5 heteroatoms. The number of carbonyl (C=O) groups is 1. The zero-order chi connectivity index (χ0) is 14.7. The summed E-state index contributed by atoms with van der Waals surface area (Å²) in [5.41, 5.74) is 1.86. The van der Waals surface area contributed by atoms with Crippen LogP contribution in [0.25, 0.3) is 10.9 Å². The Hall–Kier alpha value is -3.13. The van der Waals surface area contributed by atoms with Gasteiger partial charge in [0.15, 0.2) is 0 Å². The minimum Gasteiger partial charge on any atom is -0.323 e. The normalized spacial score (nSPS) is 10.2. The van der Waals surface area contributed by atoms with E-state index in [-0.39, 0.29) is 12.5 Å². The standard InChI is InChI=1S/C16H12N4O/c17-9-12-5-1-3-7-14(12)19-16(21)11-20-15-8-4-2-6-13(15)10-18-20/h1-8,10H,11H2,(H,19,21). The van der Waals surface area contributed by atoms with Gasteiger partial charge >= 0.3 is 0 Å². The number of fused-ring (bicyclic) bond motifs is 1. The second kappa shape index (κ2) is 5.47. The Bertz CT molecular complexity index is 845. The molecule has 2 aromatic carbocycles. The molecule has 0 unspecified atom stereocenters. The highest BCUT2D eigenvalue weighted by Crippen LogP contribution is 2.15. The molecule has 3 rings (SSSR count). The van der Waals surface area contributed by atoms with Crippen molar-refractivity contribution < 1.29 is 4.79 Å². The van der Waals surface area contributed by atoms with E-state index >= 15 is 0 Å². The molecule has 0 aliphatic heterocycles. The number of aromatic nitrogens is 2. The molecule has 0 atom stereocenters. The van der Waals surface area contributed by atoms with Crippen molar-refractivity contribution in [2.24, 2.45) is 0 Å². The Balaban J connectivity index is 1.79. The van der Waals surface area contributed by atoms with Gasteiger partial charge in [0.05, 0.1) is 23.0 Å². The predicted octanol–water partition coefficient (Wildman–Crippen LogP) is 2.55. The highest BCUT2D eigenvalue weighted by Gasteiger charge is 2.09. The third kappa shape index (κ3) is 2.60. The number of nitrogens with zero attached hydrogens (tertiary/aromatic N) is 3. The highest BCUT2D eigenvalue weighted by molar-refractivity contribution is 5.92. The van der Waals surface area contributed by atoms with Gasteiger partial charge in [-0.15, -0.1) is 0 Å². The number of carbonyl (C=O) groups excluding carboxylic acids is 1. The predicted molar refractivity (Wildman–Crippen MR) is 79.5 cm³/mol. The van der Waals surface area contributed by atoms with Crippen LogP contribution in [0.5, 0.6) is 0 Å². The lowest BCUT2D eigenvalue weighted by atomic mass is 10.2. The molecule has 1 N–H and O–H groups in total. The number of nitrogens with one attached hydrogen (secondary N) is 1. The second-order valence-corrected chi connectivity index (χ2v) is 4.57. The van der Waals surface area contributed by atoms with Crippen LogP contribution < -0.4 is 5.32 Å². The fourth-order valence-corrected chi connectivity index (χ4v) is 2.17. The summed E-state index contributed by atoms with van der Waals surface area (Å²) in [7, 11) is 0. The van der Waals surface area contributed by atoms with E-state index < -0.39 is 0 Å². The van der Waals surface area contributed by atoms with Crippen molar-refractivity contribution in [1.82, 2.24) is 9.78 Å². The molecule has 0 radical (unpaired) electrons. The summed E-state index contributed by atoms with van der Waals surface area (Å²) in [6, 6.07) is 16.7. The average Bonchev–Trinajstić information content (AvgIpc) is 2.91. The van der Waals surface area contributed by atoms with Gasteiger partial charge in [0.1, 0.15) is 12.6 Å². The number of para-hydroxylation sites is 2. The number of hydrogen-bond donors (Lipinski definition) is 1. The van der Waals surface area contributed by atoms with E-state index in [2.05, 4.69) is 16.5 Å². The minimum atomic E-state index is -0.216. The summed E-state index contributed by atoms with van der Waals surface area (Å²) in [6.07, 6.45) is 1.73. The summed E-state index contributed by atoms with van der Waals surface area (Å²) in [5, 5.41) is 17.0. The molecule has 0 aliphatic carbocycles. The summed E-state index contributed by atoms with van der Waals surface area (Å²) in [5.74, 6) is -0.216. The monoisotopic (exact) mass is 276 g/mol. The van der Waals surface area contributed by atoms with Crippen LogP contribution in [0.2, 0.25) is 0 Å². The Morgan fingerprint density at radius 1 is 1.19 bits per heavy atom. The van der Waals surface area contributed by atoms with E-state index in [0.29, 0.717) is 11.3 Å². The number of amides is 1. The van der Waals surface area contributed by atoms with Crippen LogP contribution in [0.4, 0.5) is 5.69 Å². The van der Waals surface area contributed by atoms with Crippen molar-refractivity contribution in [3.05, 3.63) is 60.3 Å². The molecule has 1 heterocycles. The summed E-state index contributed by atoms with van der Waals surface area (Å²) >= 11 is 0. The molecule has 1 aromatic heterocycles.